The van der Waals surface area contributed by atoms with Gasteiger partial charge in [-0.25, -0.2) is 0 Å². The van der Waals surface area contributed by atoms with Gasteiger partial charge in [0.1, 0.15) is 0 Å². The number of rotatable bonds is 1. The van der Waals surface area contributed by atoms with Gasteiger partial charge in [-0.1, -0.05) is 34.8 Å². The average molecular weight is 258 g/mol. The molecule has 0 aliphatic carbocycles. The summed E-state index contributed by atoms with van der Waals surface area (Å²) in [5.74, 6) is 0.302. The monoisotopic (exact) mass is 256 g/mol. The van der Waals surface area contributed by atoms with Crippen molar-refractivity contribution < 1.29 is 0 Å². The molecule has 0 fully saturated rings. The molecule has 0 spiro atoms. The lowest BCUT2D eigenvalue weighted by Gasteiger charge is -2.12. The Morgan fingerprint density at radius 2 is 1.23 bits per heavy atom. The summed E-state index contributed by atoms with van der Waals surface area (Å²) < 4.78 is 0. The van der Waals surface area contributed by atoms with Gasteiger partial charge >= 0.3 is 0 Å². The second-order valence-corrected chi connectivity index (χ2v) is 4.21. The lowest BCUT2D eigenvalue weighted by molar-refractivity contribution is 1.29. The summed E-state index contributed by atoms with van der Waals surface area (Å²) in [7, 11) is 0. The number of hydrogen-bond acceptors (Lipinski definition) is 0. The van der Waals surface area contributed by atoms with Crippen molar-refractivity contribution in [1.82, 2.24) is 0 Å². The summed E-state index contributed by atoms with van der Waals surface area (Å²) >= 11 is 23.8. The second kappa shape index (κ2) is 4.27. The molecule has 4 heteroatoms. The van der Waals surface area contributed by atoms with Crippen molar-refractivity contribution in [3.8, 4) is 0 Å². The van der Waals surface area contributed by atoms with E-state index in [2.05, 4.69) is 0 Å². The maximum absolute atomic E-state index is 6.02. The summed E-state index contributed by atoms with van der Waals surface area (Å²) in [6.07, 6.45) is 0. The molecule has 0 radical (unpaired) electrons. The maximum atomic E-state index is 6.02. The van der Waals surface area contributed by atoms with Crippen molar-refractivity contribution in [3.05, 3.63) is 31.8 Å². The van der Waals surface area contributed by atoms with E-state index in [0.717, 1.165) is 16.7 Å². The highest BCUT2D eigenvalue weighted by Gasteiger charge is 2.14. The molecule has 1 rings (SSSR count). The molecule has 1 aromatic rings. The average Bonchev–Trinajstić information content (AvgIpc) is 2.13. The van der Waals surface area contributed by atoms with Crippen molar-refractivity contribution in [2.45, 2.75) is 19.7 Å². The first kappa shape index (κ1) is 11.5. The number of benzene rings is 1. The van der Waals surface area contributed by atoms with Crippen LogP contribution in [0.5, 0.6) is 0 Å². The van der Waals surface area contributed by atoms with Gasteiger partial charge < -0.3 is 0 Å². The molecule has 0 aliphatic heterocycles. The highest BCUT2D eigenvalue weighted by Crippen LogP contribution is 2.37. The predicted molar refractivity (Wildman–Crippen MR) is 60.5 cm³/mol. The Morgan fingerprint density at radius 1 is 0.846 bits per heavy atom. The van der Waals surface area contributed by atoms with Gasteiger partial charge in [-0.05, 0) is 25.0 Å². The first-order valence-corrected chi connectivity index (χ1v) is 5.36. The minimum absolute atomic E-state index is 0.302. The van der Waals surface area contributed by atoms with Crippen LogP contribution in [0.15, 0.2) is 0 Å². The van der Waals surface area contributed by atoms with E-state index in [9.17, 15) is 0 Å². The van der Waals surface area contributed by atoms with Crippen molar-refractivity contribution >= 4 is 46.4 Å². The Kier molecular flexibility index (Phi) is 3.76. The lowest BCUT2D eigenvalue weighted by atomic mass is 10.1. The molecule has 72 valence electrons. The minimum Gasteiger partial charge on any atom is -0.121 e. The quantitative estimate of drug-likeness (QED) is 0.621. The SMILES string of the molecule is Cc1c(Cl)c(C)c(Cl)c(CCl)c1Cl. The van der Waals surface area contributed by atoms with E-state index in [0.29, 0.717) is 20.9 Å². The standard InChI is InChI=1S/C9H8Cl4/c1-4-7(11)5(2)9(13)6(3-10)8(4)12/h3H2,1-2H3. The summed E-state index contributed by atoms with van der Waals surface area (Å²) in [4.78, 5) is 0. The molecule has 0 unspecified atom stereocenters. The van der Waals surface area contributed by atoms with Crippen molar-refractivity contribution in [3.63, 3.8) is 0 Å². The van der Waals surface area contributed by atoms with E-state index in [4.69, 9.17) is 46.4 Å². The van der Waals surface area contributed by atoms with E-state index < -0.39 is 0 Å². The second-order valence-electron chi connectivity index (χ2n) is 2.80. The van der Waals surface area contributed by atoms with Crippen molar-refractivity contribution in [2.75, 3.05) is 0 Å². The van der Waals surface area contributed by atoms with Crippen LogP contribution in [0.3, 0.4) is 0 Å². The maximum Gasteiger partial charge on any atom is 0.0509 e. The summed E-state index contributed by atoms with van der Waals surface area (Å²) in [6, 6.07) is 0. The van der Waals surface area contributed by atoms with Crippen LogP contribution in [0, 0.1) is 13.8 Å². The third-order valence-electron chi connectivity index (χ3n) is 1.98. The smallest absolute Gasteiger partial charge is 0.0509 e. The van der Waals surface area contributed by atoms with Gasteiger partial charge in [0.2, 0.25) is 0 Å². The van der Waals surface area contributed by atoms with Gasteiger partial charge in [-0.2, -0.15) is 0 Å². The van der Waals surface area contributed by atoms with Gasteiger partial charge in [-0.15, -0.1) is 11.6 Å². The van der Waals surface area contributed by atoms with Crippen LogP contribution >= 0.6 is 46.4 Å². The molecule has 0 bridgehead atoms. The topological polar surface area (TPSA) is 0 Å². The zero-order valence-electron chi connectivity index (χ0n) is 7.22. The van der Waals surface area contributed by atoms with E-state index in [1.54, 1.807) is 0 Å². The van der Waals surface area contributed by atoms with Gasteiger partial charge in [0, 0.05) is 10.6 Å². The molecule has 1 aromatic carbocycles. The number of hydrogen-bond donors (Lipinski definition) is 0. The van der Waals surface area contributed by atoms with Crippen molar-refractivity contribution in [1.29, 1.82) is 0 Å². The first-order chi connectivity index (χ1) is 6.00. The van der Waals surface area contributed by atoms with Gasteiger partial charge in [0.15, 0.2) is 0 Å². The highest BCUT2D eigenvalue weighted by molar-refractivity contribution is 6.41. The van der Waals surface area contributed by atoms with Crippen LogP contribution in [-0.2, 0) is 5.88 Å². The Hall–Kier alpha value is 0.380. The molecule has 0 heterocycles. The van der Waals surface area contributed by atoms with Crippen molar-refractivity contribution in [2.24, 2.45) is 0 Å². The molecule has 13 heavy (non-hydrogen) atoms. The van der Waals surface area contributed by atoms with E-state index in [1.807, 2.05) is 13.8 Å². The van der Waals surface area contributed by atoms with Gasteiger partial charge in [0.05, 0.1) is 15.9 Å². The molecule has 0 atom stereocenters. The lowest BCUT2D eigenvalue weighted by Crippen LogP contribution is -1.92. The van der Waals surface area contributed by atoms with Crippen LogP contribution in [0.1, 0.15) is 16.7 Å². The molecule has 0 amide bonds. The molecule has 0 nitrogen and oxygen atoms in total. The molecule has 0 aromatic heterocycles. The predicted octanol–water partition coefficient (Wildman–Crippen LogP) is 5.00. The van der Waals surface area contributed by atoms with Gasteiger partial charge in [0.25, 0.3) is 0 Å². The van der Waals surface area contributed by atoms with Crippen LogP contribution < -0.4 is 0 Å². The Morgan fingerprint density at radius 3 is 1.54 bits per heavy atom. The number of alkyl halides is 1. The summed E-state index contributed by atoms with van der Waals surface area (Å²) in [5, 5.41) is 1.75. The van der Waals surface area contributed by atoms with Crippen LogP contribution in [-0.4, -0.2) is 0 Å². The van der Waals surface area contributed by atoms with E-state index in [-0.39, 0.29) is 0 Å². The molecule has 0 aliphatic rings. The fourth-order valence-electron chi connectivity index (χ4n) is 1.14. The Labute approximate surface area is 97.7 Å². The first-order valence-electron chi connectivity index (χ1n) is 3.69. The Bertz CT molecular complexity index is 315. The fourth-order valence-corrected chi connectivity index (χ4v) is 2.39. The van der Waals surface area contributed by atoms with Crippen LogP contribution in [0.2, 0.25) is 15.1 Å². The molecular weight excluding hydrogens is 250 g/mol. The molecule has 0 saturated carbocycles. The summed E-state index contributed by atoms with van der Waals surface area (Å²) in [5.41, 5.74) is 2.42. The summed E-state index contributed by atoms with van der Waals surface area (Å²) in [6.45, 7) is 3.70. The third-order valence-corrected chi connectivity index (χ3v) is 3.84. The minimum atomic E-state index is 0.302. The molecule has 0 N–H and O–H groups in total. The largest absolute Gasteiger partial charge is 0.121 e. The molecular formula is C9H8Cl4. The number of halogens is 4. The zero-order chi connectivity index (χ0) is 10.2. The third kappa shape index (κ3) is 1.92. The van der Waals surface area contributed by atoms with Gasteiger partial charge in [-0.3, -0.25) is 0 Å². The Balaban J connectivity index is 3.56. The van der Waals surface area contributed by atoms with E-state index >= 15 is 0 Å². The highest BCUT2D eigenvalue weighted by atomic mass is 35.5. The van der Waals surface area contributed by atoms with E-state index in [1.165, 1.54) is 0 Å². The fraction of sp³-hybridized carbons (Fsp3) is 0.333. The normalized spacial score (nSPS) is 10.6. The van der Waals surface area contributed by atoms with Crippen LogP contribution in [0.25, 0.3) is 0 Å². The molecule has 0 saturated heterocycles. The van der Waals surface area contributed by atoms with Crippen LogP contribution in [0.4, 0.5) is 0 Å². The zero-order valence-corrected chi connectivity index (χ0v) is 10.2.